The molecule has 0 unspecified atom stereocenters. The van der Waals surface area contributed by atoms with Crippen LogP contribution in [0, 0.1) is 28.7 Å². The number of nitriles is 2. The highest BCUT2D eigenvalue weighted by Crippen LogP contribution is 2.28. The molecular weight excluding hydrogens is 172 g/mol. The van der Waals surface area contributed by atoms with Crippen LogP contribution in [-0.4, -0.2) is 0 Å². The van der Waals surface area contributed by atoms with Crippen LogP contribution < -0.4 is 0 Å². The van der Waals surface area contributed by atoms with Gasteiger partial charge in [0.1, 0.15) is 12.1 Å². The van der Waals surface area contributed by atoms with Gasteiger partial charge in [0.2, 0.25) is 0 Å². The summed E-state index contributed by atoms with van der Waals surface area (Å²) in [4.78, 5) is 0. The largest absolute Gasteiger partial charge is 0.192 e. The second-order valence-electron chi connectivity index (χ2n) is 2.84. The predicted molar refractivity (Wildman–Crippen MR) is 51.3 cm³/mol. The van der Waals surface area contributed by atoms with Gasteiger partial charge in [-0.2, -0.15) is 10.5 Å². The lowest BCUT2D eigenvalue weighted by Gasteiger charge is -1.89. The SMILES string of the molecule is N#Cc1[c]c2cccccc-2c1C#N. The van der Waals surface area contributed by atoms with Gasteiger partial charge in [-0.1, -0.05) is 30.3 Å². The zero-order valence-electron chi connectivity index (χ0n) is 7.28. The van der Waals surface area contributed by atoms with E-state index in [9.17, 15) is 0 Å². The molecule has 0 heterocycles. The molecule has 0 fully saturated rings. The molecule has 0 aromatic rings. The molecule has 0 saturated heterocycles. The van der Waals surface area contributed by atoms with Gasteiger partial charge in [-0.15, -0.1) is 0 Å². The Morgan fingerprint density at radius 2 is 1.79 bits per heavy atom. The van der Waals surface area contributed by atoms with Gasteiger partial charge in [0, 0.05) is 11.6 Å². The fraction of sp³-hybridized carbons (Fsp3) is 0. The molecule has 0 spiro atoms. The van der Waals surface area contributed by atoms with Crippen LogP contribution in [0.3, 0.4) is 0 Å². The van der Waals surface area contributed by atoms with Crippen molar-refractivity contribution in [2.75, 3.05) is 0 Å². The Morgan fingerprint density at radius 1 is 1.00 bits per heavy atom. The summed E-state index contributed by atoms with van der Waals surface area (Å²) in [6.45, 7) is 0. The van der Waals surface area contributed by atoms with E-state index in [1.54, 1.807) is 0 Å². The van der Waals surface area contributed by atoms with E-state index in [1.165, 1.54) is 0 Å². The summed E-state index contributed by atoms with van der Waals surface area (Å²) in [5.74, 6) is 0. The monoisotopic (exact) mass is 177 g/mol. The lowest BCUT2D eigenvalue weighted by Crippen LogP contribution is -1.75. The van der Waals surface area contributed by atoms with Crippen molar-refractivity contribution < 1.29 is 0 Å². The molecule has 2 rings (SSSR count). The summed E-state index contributed by atoms with van der Waals surface area (Å²) in [6, 6.07) is 16.2. The third-order valence-corrected chi connectivity index (χ3v) is 2.04. The topological polar surface area (TPSA) is 47.6 Å². The summed E-state index contributed by atoms with van der Waals surface area (Å²) in [6.07, 6.45) is 0. The van der Waals surface area contributed by atoms with E-state index in [1.807, 2.05) is 42.5 Å². The predicted octanol–water partition coefficient (Wildman–Crippen LogP) is 2.33. The molecule has 2 nitrogen and oxygen atoms in total. The molecule has 2 heteroatoms. The summed E-state index contributed by atoms with van der Waals surface area (Å²) in [5.41, 5.74) is 2.34. The molecule has 0 aromatic heterocycles. The average molecular weight is 177 g/mol. The fourth-order valence-electron chi connectivity index (χ4n) is 1.41. The summed E-state index contributed by atoms with van der Waals surface area (Å²) in [5, 5.41) is 17.7. The molecular formula is C12H5N2. The molecule has 2 aliphatic carbocycles. The normalized spacial score (nSPS) is 9.29. The average Bonchev–Trinajstić information content (AvgIpc) is 2.39. The van der Waals surface area contributed by atoms with Gasteiger partial charge in [-0.25, -0.2) is 0 Å². The van der Waals surface area contributed by atoms with E-state index < -0.39 is 0 Å². The first-order valence-corrected chi connectivity index (χ1v) is 4.11. The van der Waals surface area contributed by atoms with Gasteiger partial charge >= 0.3 is 0 Å². The fourth-order valence-corrected chi connectivity index (χ4v) is 1.41. The van der Waals surface area contributed by atoms with Crippen molar-refractivity contribution in [3.63, 3.8) is 0 Å². The van der Waals surface area contributed by atoms with Crippen molar-refractivity contribution in [1.29, 1.82) is 10.5 Å². The van der Waals surface area contributed by atoms with Crippen LogP contribution in [0.25, 0.3) is 11.1 Å². The minimum Gasteiger partial charge on any atom is -0.192 e. The van der Waals surface area contributed by atoms with Crippen LogP contribution >= 0.6 is 0 Å². The zero-order chi connectivity index (χ0) is 9.97. The molecule has 1 radical (unpaired) electrons. The molecule has 14 heavy (non-hydrogen) atoms. The molecule has 0 bridgehead atoms. The summed E-state index contributed by atoms with van der Waals surface area (Å²) >= 11 is 0. The first-order chi connectivity index (χ1) is 6.86. The van der Waals surface area contributed by atoms with Gasteiger partial charge in [-0.05, 0) is 5.56 Å². The number of nitrogens with zero attached hydrogens (tertiary/aromatic N) is 2. The van der Waals surface area contributed by atoms with Gasteiger partial charge < -0.3 is 0 Å². The third-order valence-electron chi connectivity index (χ3n) is 2.04. The van der Waals surface area contributed by atoms with Gasteiger partial charge in [0.25, 0.3) is 0 Å². The van der Waals surface area contributed by atoms with Crippen LogP contribution in [0.15, 0.2) is 30.3 Å². The Kier molecular flexibility index (Phi) is 1.89. The van der Waals surface area contributed by atoms with Crippen molar-refractivity contribution in [2.45, 2.75) is 0 Å². The van der Waals surface area contributed by atoms with E-state index in [-0.39, 0.29) is 0 Å². The Morgan fingerprint density at radius 3 is 2.50 bits per heavy atom. The van der Waals surface area contributed by atoms with E-state index in [0.29, 0.717) is 11.1 Å². The highest BCUT2D eigenvalue weighted by Gasteiger charge is 2.14. The molecule has 0 aromatic carbocycles. The zero-order valence-corrected chi connectivity index (χ0v) is 7.28. The van der Waals surface area contributed by atoms with Gasteiger partial charge in [0.05, 0.1) is 11.1 Å². The van der Waals surface area contributed by atoms with Gasteiger partial charge in [0.15, 0.2) is 0 Å². The van der Waals surface area contributed by atoms with E-state index in [4.69, 9.17) is 10.5 Å². The summed E-state index contributed by atoms with van der Waals surface area (Å²) in [7, 11) is 0. The van der Waals surface area contributed by atoms with Crippen molar-refractivity contribution >= 4 is 0 Å². The minimum absolute atomic E-state index is 0.328. The lowest BCUT2D eigenvalue weighted by atomic mass is 10.1. The Bertz CT molecular complexity index is 529. The Labute approximate surface area is 82.0 Å². The number of fused-ring (bicyclic) bond motifs is 1. The van der Waals surface area contributed by atoms with Crippen LogP contribution in [0.4, 0.5) is 0 Å². The number of rotatable bonds is 0. The molecule has 0 atom stereocenters. The molecule has 0 saturated carbocycles. The highest BCUT2D eigenvalue weighted by atomic mass is 14.3. The molecule has 0 N–H and O–H groups in total. The smallest absolute Gasteiger partial charge is 0.101 e. The first-order valence-electron chi connectivity index (χ1n) is 4.11. The number of hydrogen-bond acceptors (Lipinski definition) is 2. The highest BCUT2D eigenvalue weighted by molar-refractivity contribution is 5.77. The second kappa shape index (κ2) is 3.20. The minimum atomic E-state index is 0.328. The van der Waals surface area contributed by atoms with Crippen LogP contribution in [0.2, 0.25) is 0 Å². The van der Waals surface area contributed by atoms with E-state index in [0.717, 1.165) is 11.1 Å². The first kappa shape index (κ1) is 8.29. The van der Waals surface area contributed by atoms with Crippen LogP contribution in [0.1, 0.15) is 11.1 Å². The Balaban J connectivity index is 2.84. The van der Waals surface area contributed by atoms with Crippen molar-refractivity contribution in [3.8, 4) is 23.3 Å². The molecule has 0 aliphatic heterocycles. The van der Waals surface area contributed by atoms with Crippen molar-refractivity contribution in [3.05, 3.63) is 47.5 Å². The third kappa shape index (κ3) is 1.11. The molecule has 63 valence electrons. The quantitative estimate of drug-likeness (QED) is 0.620. The summed E-state index contributed by atoms with van der Waals surface area (Å²) < 4.78 is 0. The maximum atomic E-state index is 8.90. The van der Waals surface area contributed by atoms with E-state index in [2.05, 4.69) is 6.07 Å². The standard InChI is InChI=1S/C12H5N2/c13-7-10-6-9-4-2-1-3-5-11(9)12(10)8-14/h1-5H. The molecule has 0 amide bonds. The Hall–Kier alpha value is -2.32. The lowest BCUT2D eigenvalue weighted by molar-refractivity contribution is 1.46. The van der Waals surface area contributed by atoms with E-state index >= 15 is 0 Å². The van der Waals surface area contributed by atoms with Crippen LogP contribution in [-0.2, 0) is 0 Å². The maximum Gasteiger partial charge on any atom is 0.101 e. The maximum absolute atomic E-state index is 8.90. The van der Waals surface area contributed by atoms with Gasteiger partial charge in [-0.3, -0.25) is 0 Å². The van der Waals surface area contributed by atoms with Crippen molar-refractivity contribution in [1.82, 2.24) is 0 Å². The molecule has 2 aliphatic rings. The van der Waals surface area contributed by atoms with Crippen LogP contribution in [0.5, 0.6) is 0 Å². The second-order valence-corrected chi connectivity index (χ2v) is 2.84. The number of hydrogen-bond donors (Lipinski definition) is 0. The van der Waals surface area contributed by atoms with Crippen molar-refractivity contribution in [2.24, 2.45) is 0 Å².